The minimum absolute atomic E-state index is 0.479. The Morgan fingerprint density at radius 1 is 1.24 bits per heavy atom. The number of carboxylic acids is 1. The Kier molecular flexibility index (Phi) is 4.82. The molecule has 0 fully saturated rings. The van der Waals surface area contributed by atoms with Gasteiger partial charge in [-0.1, -0.05) is 0 Å². The molecular formula is C11H12BrF2N3O4. The quantitative estimate of drug-likeness (QED) is 0.850. The van der Waals surface area contributed by atoms with Crippen molar-refractivity contribution < 1.29 is 28.6 Å². The maximum atomic E-state index is 12.9. The van der Waals surface area contributed by atoms with Crippen LogP contribution in [-0.4, -0.2) is 37.8 Å². The number of carbonyl (C=O) groups is 2. The van der Waals surface area contributed by atoms with E-state index in [1.165, 1.54) is 20.8 Å². The molecule has 0 aliphatic rings. The Balaban J connectivity index is 3.63. The predicted octanol–water partition coefficient (Wildman–Crippen LogP) is 3.16. The average molecular weight is 368 g/mol. The lowest BCUT2D eigenvalue weighted by atomic mass is 10.1. The number of anilines is 1. The summed E-state index contributed by atoms with van der Waals surface area (Å²) in [5.41, 5.74) is -2.66. The SMILES string of the molecule is CC(C)(C)N(C(=O)O)c1nc(C(=O)O)c(Br)c(C(F)F)n1. The molecule has 0 saturated carbocycles. The Bertz CT molecular complexity index is 590. The van der Waals surface area contributed by atoms with Crippen LogP contribution in [0.3, 0.4) is 0 Å². The summed E-state index contributed by atoms with van der Waals surface area (Å²) in [5.74, 6) is -2.20. The second-order valence-electron chi connectivity index (χ2n) is 4.97. The van der Waals surface area contributed by atoms with Gasteiger partial charge in [-0.05, 0) is 36.7 Å². The molecule has 0 aliphatic carbocycles. The summed E-state index contributed by atoms with van der Waals surface area (Å²) in [6.07, 6.45) is -4.57. The van der Waals surface area contributed by atoms with Crippen LogP contribution < -0.4 is 4.90 Å². The van der Waals surface area contributed by atoms with Crippen molar-refractivity contribution in [2.75, 3.05) is 4.90 Å². The van der Waals surface area contributed by atoms with Gasteiger partial charge in [-0.25, -0.2) is 33.2 Å². The molecule has 10 heteroatoms. The number of alkyl halides is 2. The largest absolute Gasteiger partial charge is 0.476 e. The highest BCUT2D eigenvalue weighted by molar-refractivity contribution is 9.10. The molecule has 1 heterocycles. The van der Waals surface area contributed by atoms with E-state index in [-0.39, 0.29) is 0 Å². The molecule has 1 amide bonds. The molecule has 1 aromatic rings. The molecule has 0 aliphatic heterocycles. The lowest BCUT2D eigenvalue weighted by Gasteiger charge is -2.31. The second-order valence-corrected chi connectivity index (χ2v) is 5.76. The van der Waals surface area contributed by atoms with E-state index in [9.17, 15) is 23.5 Å². The van der Waals surface area contributed by atoms with Gasteiger partial charge in [-0.2, -0.15) is 0 Å². The van der Waals surface area contributed by atoms with Crippen molar-refractivity contribution in [3.05, 3.63) is 15.9 Å². The van der Waals surface area contributed by atoms with E-state index in [4.69, 9.17) is 5.11 Å². The molecule has 1 aromatic heterocycles. The summed E-state index contributed by atoms with van der Waals surface area (Å²) in [5, 5.41) is 18.2. The highest BCUT2D eigenvalue weighted by Crippen LogP contribution is 2.31. The van der Waals surface area contributed by atoms with E-state index in [1.54, 1.807) is 0 Å². The zero-order valence-corrected chi connectivity index (χ0v) is 12.8. The summed E-state index contributed by atoms with van der Waals surface area (Å²) < 4.78 is 25.4. The van der Waals surface area contributed by atoms with Gasteiger partial charge >= 0.3 is 12.1 Å². The summed E-state index contributed by atoms with van der Waals surface area (Å²) in [4.78, 5) is 30.0. The first-order chi connectivity index (χ1) is 9.46. The molecule has 2 N–H and O–H groups in total. The standard InChI is InChI=1S/C11H12BrF2N3O4/c1-11(2,3)17(10(20)21)9-15-5(7(13)14)4(12)6(16-9)8(18)19/h7H,1-3H3,(H,18,19)(H,20,21). The Morgan fingerprint density at radius 3 is 2.10 bits per heavy atom. The summed E-state index contributed by atoms with van der Waals surface area (Å²) in [6, 6.07) is 0. The van der Waals surface area contributed by atoms with Gasteiger partial charge in [-0.3, -0.25) is 0 Å². The third-order valence-corrected chi connectivity index (χ3v) is 3.12. The first-order valence-electron chi connectivity index (χ1n) is 5.58. The third-order valence-electron chi connectivity index (χ3n) is 2.34. The molecule has 7 nitrogen and oxygen atoms in total. The third kappa shape index (κ3) is 3.63. The smallest absolute Gasteiger partial charge is 0.414 e. The topological polar surface area (TPSA) is 104 Å². The molecule has 116 valence electrons. The van der Waals surface area contributed by atoms with Gasteiger partial charge in [0, 0.05) is 5.54 Å². The van der Waals surface area contributed by atoms with E-state index < -0.39 is 45.8 Å². The van der Waals surface area contributed by atoms with Crippen LogP contribution in [-0.2, 0) is 0 Å². The first kappa shape index (κ1) is 17.2. The van der Waals surface area contributed by atoms with Crippen LogP contribution in [0.25, 0.3) is 0 Å². The van der Waals surface area contributed by atoms with Crippen LogP contribution in [0.2, 0.25) is 0 Å². The molecule has 0 aromatic carbocycles. The van der Waals surface area contributed by atoms with Gasteiger partial charge in [0.15, 0.2) is 5.69 Å². The Morgan fingerprint density at radius 2 is 1.76 bits per heavy atom. The van der Waals surface area contributed by atoms with E-state index in [1.807, 2.05) is 0 Å². The summed E-state index contributed by atoms with van der Waals surface area (Å²) >= 11 is 2.70. The van der Waals surface area contributed by atoms with E-state index in [2.05, 4.69) is 25.9 Å². The van der Waals surface area contributed by atoms with Crippen molar-refractivity contribution >= 4 is 33.9 Å². The maximum absolute atomic E-state index is 12.9. The van der Waals surface area contributed by atoms with Crippen LogP contribution in [0, 0.1) is 0 Å². The second kappa shape index (κ2) is 5.88. The Labute approximate surface area is 126 Å². The maximum Gasteiger partial charge on any atom is 0.414 e. The molecule has 0 unspecified atom stereocenters. The van der Waals surface area contributed by atoms with Gasteiger partial charge < -0.3 is 10.2 Å². The number of hydrogen-bond acceptors (Lipinski definition) is 4. The molecule has 1 rings (SSSR count). The zero-order chi connectivity index (χ0) is 16.5. The van der Waals surface area contributed by atoms with Crippen LogP contribution in [0.1, 0.15) is 43.4 Å². The fourth-order valence-corrected chi connectivity index (χ4v) is 2.03. The molecule has 0 saturated heterocycles. The van der Waals surface area contributed by atoms with Gasteiger partial charge in [0.2, 0.25) is 5.95 Å². The van der Waals surface area contributed by atoms with Crippen LogP contribution in [0.5, 0.6) is 0 Å². The predicted molar refractivity (Wildman–Crippen MR) is 71.9 cm³/mol. The van der Waals surface area contributed by atoms with Gasteiger partial charge in [-0.15, -0.1) is 0 Å². The van der Waals surface area contributed by atoms with Crippen LogP contribution >= 0.6 is 15.9 Å². The number of rotatable bonds is 3. The Hall–Kier alpha value is -1.84. The fraction of sp³-hybridized carbons (Fsp3) is 0.455. The molecule has 0 radical (unpaired) electrons. The van der Waals surface area contributed by atoms with E-state index in [0.29, 0.717) is 4.90 Å². The number of hydrogen-bond donors (Lipinski definition) is 2. The van der Waals surface area contributed by atoms with Gasteiger partial charge in [0.05, 0.1) is 4.47 Å². The minimum Gasteiger partial charge on any atom is -0.476 e. The van der Waals surface area contributed by atoms with Crippen molar-refractivity contribution in [1.82, 2.24) is 9.97 Å². The number of amides is 1. The van der Waals surface area contributed by atoms with E-state index >= 15 is 0 Å². The normalized spacial score (nSPS) is 11.6. The monoisotopic (exact) mass is 367 g/mol. The fourth-order valence-electron chi connectivity index (χ4n) is 1.51. The highest BCUT2D eigenvalue weighted by atomic mass is 79.9. The van der Waals surface area contributed by atoms with Crippen molar-refractivity contribution in [1.29, 1.82) is 0 Å². The number of aromatic carboxylic acids is 1. The number of halogens is 3. The molecule has 0 spiro atoms. The van der Waals surface area contributed by atoms with Crippen molar-refractivity contribution in [2.24, 2.45) is 0 Å². The number of aromatic nitrogens is 2. The van der Waals surface area contributed by atoms with Crippen molar-refractivity contribution in [3.8, 4) is 0 Å². The van der Waals surface area contributed by atoms with Crippen LogP contribution in [0.4, 0.5) is 19.5 Å². The first-order valence-corrected chi connectivity index (χ1v) is 6.38. The molecule has 21 heavy (non-hydrogen) atoms. The average Bonchev–Trinajstić information content (AvgIpc) is 2.27. The molecular weight excluding hydrogens is 356 g/mol. The number of carboxylic acid groups (broad SMARTS) is 2. The summed E-state index contributed by atoms with van der Waals surface area (Å²) in [6.45, 7) is 4.49. The van der Waals surface area contributed by atoms with E-state index in [0.717, 1.165) is 0 Å². The van der Waals surface area contributed by atoms with Gasteiger partial charge in [0.1, 0.15) is 5.69 Å². The minimum atomic E-state index is -3.09. The lowest BCUT2D eigenvalue weighted by molar-refractivity contribution is 0.0687. The van der Waals surface area contributed by atoms with Gasteiger partial charge in [0.25, 0.3) is 6.43 Å². The van der Waals surface area contributed by atoms with Crippen molar-refractivity contribution in [3.63, 3.8) is 0 Å². The molecule has 0 bridgehead atoms. The highest BCUT2D eigenvalue weighted by Gasteiger charge is 2.33. The lowest BCUT2D eigenvalue weighted by Crippen LogP contribution is -2.46. The van der Waals surface area contributed by atoms with Crippen molar-refractivity contribution in [2.45, 2.75) is 32.7 Å². The number of nitrogens with zero attached hydrogens (tertiary/aromatic N) is 3. The van der Waals surface area contributed by atoms with Crippen LogP contribution in [0.15, 0.2) is 4.47 Å². The summed E-state index contributed by atoms with van der Waals surface area (Å²) in [7, 11) is 0. The zero-order valence-electron chi connectivity index (χ0n) is 11.3. The molecule has 0 atom stereocenters.